The molecule has 1 aromatic heterocycles. The molecule has 0 amide bonds. The van der Waals surface area contributed by atoms with Crippen molar-refractivity contribution in [2.24, 2.45) is 0 Å². The van der Waals surface area contributed by atoms with Crippen LogP contribution in [-0.4, -0.2) is 4.98 Å². The molecule has 0 saturated heterocycles. The van der Waals surface area contributed by atoms with Crippen LogP contribution in [0.2, 0.25) is 0 Å². The van der Waals surface area contributed by atoms with E-state index in [9.17, 15) is 13.2 Å². The zero-order valence-corrected chi connectivity index (χ0v) is 17.8. The molecule has 0 fully saturated rings. The summed E-state index contributed by atoms with van der Waals surface area (Å²) in [6.45, 7) is 2.43. The van der Waals surface area contributed by atoms with E-state index in [0.29, 0.717) is 11.3 Å². The molecule has 0 atom stereocenters. The van der Waals surface area contributed by atoms with Crippen molar-refractivity contribution in [1.29, 1.82) is 0 Å². The number of hydrogen-bond acceptors (Lipinski definition) is 2. The van der Waals surface area contributed by atoms with Gasteiger partial charge in [-0.2, -0.15) is 13.2 Å². The van der Waals surface area contributed by atoms with Crippen LogP contribution >= 0.6 is 0 Å². The summed E-state index contributed by atoms with van der Waals surface area (Å²) in [7, 11) is 0. The SMILES string of the molecule is CCCCCCCc1ccc(-c2ccc(OCc3ccc(C(F)(F)F)cc3)cc2)nc1. The van der Waals surface area contributed by atoms with E-state index in [1.54, 1.807) is 0 Å². The summed E-state index contributed by atoms with van der Waals surface area (Å²) in [5.41, 5.74) is 3.19. The maximum atomic E-state index is 12.6. The minimum absolute atomic E-state index is 0.211. The molecule has 3 rings (SSSR count). The topological polar surface area (TPSA) is 22.1 Å². The molecule has 31 heavy (non-hydrogen) atoms. The van der Waals surface area contributed by atoms with Crippen molar-refractivity contribution < 1.29 is 17.9 Å². The van der Waals surface area contributed by atoms with Gasteiger partial charge in [-0.05, 0) is 66.4 Å². The predicted octanol–water partition coefficient (Wildman–Crippen LogP) is 7.86. The van der Waals surface area contributed by atoms with Crippen LogP contribution in [0.25, 0.3) is 11.3 Å². The molecule has 0 bridgehead atoms. The van der Waals surface area contributed by atoms with E-state index in [1.165, 1.54) is 49.8 Å². The minimum Gasteiger partial charge on any atom is -0.489 e. The predicted molar refractivity (Wildman–Crippen MR) is 118 cm³/mol. The van der Waals surface area contributed by atoms with Gasteiger partial charge in [0.1, 0.15) is 12.4 Å². The van der Waals surface area contributed by atoms with Gasteiger partial charge in [0.15, 0.2) is 0 Å². The Morgan fingerprint density at radius 1 is 0.774 bits per heavy atom. The van der Waals surface area contributed by atoms with Gasteiger partial charge in [-0.3, -0.25) is 4.98 Å². The number of aryl methyl sites for hydroxylation is 1. The first-order chi connectivity index (χ1) is 15.0. The Balaban J connectivity index is 1.50. The van der Waals surface area contributed by atoms with Gasteiger partial charge in [0.05, 0.1) is 11.3 Å². The fraction of sp³-hybridized carbons (Fsp3) is 0.346. The van der Waals surface area contributed by atoms with Crippen LogP contribution in [-0.2, 0) is 19.2 Å². The van der Waals surface area contributed by atoms with Gasteiger partial charge < -0.3 is 4.74 Å². The third-order valence-electron chi connectivity index (χ3n) is 5.23. The highest BCUT2D eigenvalue weighted by Crippen LogP contribution is 2.29. The first kappa shape index (κ1) is 22.9. The third-order valence-corrected chi connectivity index (χ3v) is 5.23. The molecule has 0 unspecified atom stereocenters. The normalized spacial score (nSPS) is 11.5. The number of aromatic nitrogens is 1. The van der Waals surface area contributed by atoms with Crippen LogP contribution < -0.4 is 4.74 Å². The first-order valence-corrected chi connectivity index (χ1v) is 10.8. The van der Waals surface area contributed by atoms with E-state index < -0.39 is 11.7 Å². The summed E-state index contributed by atoms with van der Waals surface area (Å²) in [6.07, 6.45) is 5.02. The Morgan fingerprint density at radius 2 is 1.45 bits per heavy atom. The molecule has 0 saturated carbocycles. The third kappa shape index (κ3) is 7.12. The molecule has 1 heterocycles. The number of pyridine rings is 1. The van der Waals surface area contributed by atoms with E-state index in [4.69, 9.17) is 4.74 Å². The fourth-order valence-corrected chi connectivity index (χ4v) is 3.35. The summed E-state index contributed by atoms with van der Waals surface area (Å²) in [5, 5.41) is 0. The van der Waals surface area contributed by atoms with Crippen molar-refractivity contribution in [2.75, 3.05) is 0 Å². The lowest BCUT2D eigenvalue weighted by Gasteiger charge is -2.10. The van der Waals surface area contributed by atoms with Crippen LogP contribution in [0, 0.1) is 0 Å². The maximum Gasteiger partial charge on any atom is 0.416 e. The zero-order valence-electron chi connectivity index (χ0n) is 17.8. The quantitative estimate of drug-likeness (QED) is 0.307. The van der Waals surface area contributed by atoms with E-state index in [1.807, 2.05) is 36.5 Å². The Labute approximate surface area is 182 Å². The maximum absolute atomic E-state index is 12.6. The number of hydrogen-bond donors (Lipinski definition) is 0. The monoisotopic (exact) mass is 427 g/mol. The largest absolute Gasteiger partial charge is 0.489 e. The lowest BCUT2D eigenvalue weighted by atomic mass is 10.1. The van der Waals surface area contributed by atoms with E-state index >= 15 is 0 Å². The van der Waals surface area contributed by atoms with Crippen molar-refractivity contribution in [1.82, 2.24) is 4.98 Å². The van der Waals surface area contributed by atoms with E-state index in [2.05, 4.69) is 18.0 Å². The molecule has 0 radical (unpaired) electrons. The lowest BCUT2D eigenvalue weighted by Crippen LogP contribution is -2.05. The Morgan fingerprint density at radius 3 is 2.06 bits per heavy atom. The zero-order chi connectivity index (χ0) is 22.1. The molecule has 5 heteroatoms. The van der Waals surface area contributed by atoms with Gasteiger partial charge in [0.25, 0.3) is 0 Å². The van der Waals surface area contributed by atoms with Gasteiger partial charge in [-0.15, -0.1) is 0 Å². The van der Waals surface area contributed by atoms with Crippen LogP contribution in [0.15, 0.2) is 66.9 Å². The fourth-order valence-electron chi connectivity index (χ4n) is 3.35. The van der Waals surface area contributed by atoms with Crippen LogP contribution in [0.4, 0.5) is 13.2 Å². The molecule has 0 aliphatic carbocycles. The van der Waals surface area contributed by atoms with Gasteiger partial charge in [-0.25, -0.2) is 0 Å². The summed E-state index contributed by atoms with van der Waals surface area (Å²) in [4.78, 5) is 4.58. The van der Waals surface area contributed by atoms with Gasteiger partial charge in [0, 0.05) is 11.8 Å². The average molecular weight is 428 g/mol. The molecule has 0 spiro atoms. The van der Waals surface area contributed by atoms with Gasteiger partial charge in [0.2, 0.25) is 0 Å². The van der Waals surface area contributed by atoms with Crippen molar-refractivity contribution in [3.8, 4) is 17.0 Å². The first-order valence-electron chi connectivity index (χ1n) is 10.8. The highest BCUT2D eigenvalue weighted by atomic mass is 19.4. The van der Waals surface area contributed by atoms with Crippen molar-refractivity contribution in [2.45, 2.75) is 58.2 Å². The number of benzene rings is 2. The smallest absolute Gasteiger partial charge is 0.416 e. The van der Waals surface area contributed by atoms with Gasteiger partial charge in [-0.1, -0.05) is 50.8 Å². The highest BCUT2D eigenvalue weighted by Gasteiger charge is 2.29. The van der Waals surface area contributed by atoms with Crippen molar-refractivity contribution in [3.05, 3.63) is 83.6 Å². The Hall–Kier alpha value is -2.82. The number of alkyl halides is 3. The molecule has 3 aromatic rings. The number of rotatable bonds is 10. The highest BCUT2D eigenvalue weighted by molar-refractivity contribution is 5.60. The van der Waals surface area contributed by atoms with Crippen molar-refractivity contribution in [3.63, 3.8) is 0 Å². The number of nitrogens with zero attached hydrogens (tertiary/aromatic N) is 1. The van der Waals surface area contributed by atoms with Crippen LogP contribution in [0.5, 0.6) is 5.75 Å². The summed E-state index contributed by atoms with van der Waals surface area (Å²) >= 11 is 0. The molecule has 164 valence electrons. The van der Waals surface area contributed by atoms with Crippen molar-refractivity contribution >= 4 is 0 Å². The molecule has 0 aliphatic rings. The lowest BCUT2D eigenvalue weighted by molar-refractivity contribution is -0.137. The molecule has 0 aliphatic heterocycles. The van der Waals surface area contributed by atoms with E-state index in [0.717, 1.165) is 29.8 Å². The van der Waals surface area contributed by atoms with Gasteiger partial charge >= 0.3 is 6.18 Å². The van der Waals surface area contributed by atoms with E-state index in [-0.39, 0.29) is 6.61 Å². The molecular formula is C26H28F3NO. The Bertz CT molecular complexity index is 917. The molecule has 0 N–H and O–H groups in total. The van der Waals surface area contributed by atoms with Crippen LogP contribution in [0.1, 0.15) is 55.7 Å². The number of halogens is 3. The average Bonchev–Trinajstić information content (AvgIpc) is 2.78. The minimum atomic E-state index is -4.32. The summed E-state index contributed by atoms with van der Waals surface area (Å²) in [6, 6.07) is 16.8. The number of ether oxygens (including phenoxy) is 1. The molecule has 2 aromatic carbocycles. The standard InChI is InChI=1S/C26H28F3NO/c1-2-3-4-5-6-7-20-10-17-25(30-18-20)22-11-15-24(16-12-22)31-19-21-8-13-23(14-9-21)26(27,28)29/h8-18H,2-7,19H2,1H3. The second kappa shape index (κ2) is 11.0. The molecular weight excluding hydrogens is 399 g/mol. The second-order valence-electron chi connectivity index (χ2n) is 7.72. The summed E-state index contributed by atoms with van der Waals surface area (Å²) in [5.74, 6) is 0.660. The second-order valence-corrected chi connectivity index (χ2v) is 7.72. The Kier molecular flexibility index (Phi) is 8.10. The number of unbranched alkanes of at least 4 members (excludes halogenated alkanes) is 4. The summed E-state index contributed by atoms with van der Waals surface area (Å²) < 4.78 is 43.6. The molecule has 2 nitrogen and oxygen atoms in total. The van der Waals surface area contributed by atoms with Crippen LogP contribution in [0.3, 0.4) is 0 Å².